The summed E-state index contributed by atoms with van der Waals surface area (Å²) in [5, 5.41) is 3.24. The van der Waals surface area contributed by atoms with E-state index >= 15 is 0 Å². The van der Waals surface area contributed by atoms with E-state index in [1.54, 1.807) is 36.5 Å². The number of carbonyl (C=O) groups is 1. The van der Waals surface area contributed by atoms with Crippen molar-refractivity contribution >= 4 is 33.0 Å². The van der Waals surface area contributed by atoms with Crippen molar-refractivity contribution in [2.75, 3.05) is 18.7 Å². The Balaban J connectivity index is 1.77. The van der Waals surface area contributed by atoms with Gasteiger partial charge in [-0.1, -0.05) is 17.7 Å². The van der Waals surface area contributed by atoms with Gasteiger partial charge in [0.25, 0.3) is 5.91 Å². The summed E-state index contributed by atoms with van der Waals surface area (Å²) >= 11 is 6.33. The maximum absolute atomic E-state index is 14.9. The second-order valence-corrected chi connectivity index (χ2v) is 10.1. The first-order valence-electron chi connectivity index (χ1n) is 10.4. The predicted molar refractivity (Wildman–Crippen MR) is 134 cm³/mol. The molecule has 0 fully saturated rings. The zero-order chi connectivity index (χ0) is 25.2. The molecular weight excluding hydrogens is 491 g/mol. The van der Waals surface area contributed by atoms with Gasteiger partial charge in [0.1, 0.15) is 11.6 Å². The van der Waals surface area contributed by atoms with Crippen molar-refractivity contribution in [3.05, 3.63) is 95.4 Å². The summed E-state index contributed by atoms with van der Waals surface area (Å²) in [6.07, 6.45) is 2.68. The molecule has 0 saturated heterocycles. The van der Waals surface area contributed by atoms with Crippen LogP contribution in [0.4, 0.5) is 10.1 Å². The summed E-state index contributed by atoms with van der Waals surface area (Å²) in [4.78, 5) is 17.5. The SMILES string of the molecule is COc1ccc(-c2cc(S(C)(=O)=O)ccc2C(=O)Nc2ccc(Cl)c(-c3ccccn3)c2)c(F)c1. The first kappa shape index (κ1) is 24.4. The lowest BCUT2D eigenvalue weighted by molar-refractivity contribution is 0.102. The Hall–Kier alpha value is -3.75. The van der Waals surface area contributed by atoms with Gasteiger partial charge in [0.05, 0.1) is 22.7 Å². The topological polar surface area (TPSA) is 85.4 Å². The third kappa shape index (κ3) is 5.34. The van der Waals surface area contributed by atoms with Crippen molar-refractivity contribution in [2.24, 2.45) is 0 Å². The smallest absolute Gasteiger partial charge is 0.256 e. The van der Waals surface area contributed by atoms with E-state index in [1.165, 1.54) is 43.5 Å². The Morgan fingerprint density at radius 2 is 1.77 bits per heavy atom. The van der Waals surface area contributed by atoms with E-state index in [-0.39, 0.29) is 21.6 Å². The minimum Gasteiger partial charge on any atom is -0.497 e. The monoisotopic (exact) mass is 510 g/mol. The van der Waals surface area contributed by atoms with Gasteiger partial charge in [-0.15, -0.1) is 0 Å². The van der Waals surface area contributed by atoms with Crippen LogP contribution in [0, 0.1) is 5.82 Å². The second-order valence-electron chi connectivity index (χ2n) is 7.69. The third-order valence-electron chi connectivity index (χ3n) is 5.30. The number of benzene rings is 3. The van der Waals surface area contributed by atoms with Crippen molar-refractivity contribution < 1.29 is 22.3 Å². The molecule has 0 bridgehead atoms. The van der Waals surface area contributed by atoms with E-state index in [2.05, 4.69) is 10.3 Å². The van der Waals surface area contributed by atoms with Crippen LogP contribution in [0.15, 0.2) is 83.9 Å². The van der Waals surface area contributed by atoms with E-state index in [0.717, 1.165) is 6.26 Å². The minimum absolute atomic E-state index is 0.0387. The molecule has 0 atom stereocenters. The summed E-state index contributed by atoms with van der Waals surface area (Å²) in [6, 6.07) is 18.5. The molecule has 3 aromatic carbocycles. The summed E-state index contributed by atoms with van der Waals surface area (Å²) in [5.41, 5.74) is 1.98. The zero-order valence-electron chi connectivity index (χ0n) is 18.7. The number of hydrogen-bond donors (Lipinski definition) is 1. The van der Waals surface area contributed by atoms with Crippen molar-refractivity contribution in [3.63, 3.8) is 0 Å². The normalized spacial score (nSPS) is 11.2. The number of methoxy groups -OCH3 is 1. The number of aromatic nitrogens is 1. The molecule has 0 aliphatic carbocycles. The molecule has 1 heterocycles. The van der Waals surface area contributed by atoms with Crippen LogP contribution < -0.4 is 10.1 Å². The van der Waals surface area contributed by atoms with Gasteiger partial charge in [-0.2, -0.15) is 0 Å². The van der Waals surface area contributed by atoms with Crippen molar-refractivity contribution in [1.82, 2.24) is 4.98 Å². The number of halogens is 2. The predicted octanol–water partition coefficient (Wildman–Crippen LogP) is 5.87. The number of sulfone groups is 1. The van der Waals surface area contributed by atoms with Gasteiger partial charge in [0.2, 0.25) is 0 Å². The maximum Gasteiger partial charge on any atom is 0.256 e. The number of pyridine rings is 1. The average Bonchev–Trinajstić information content (AvgIpc) is 2.84. The van der Waals surface area contributed by atoms with Gasteiger partial charge < -0.3 is 10.1 Å². The quantitative estimate of drug-likeness (QED) is 0.350. The van der Waals surface area contributed by atoms with Crippen LogP contribution in [-0.2, 0) is 9.84 Å². The number of nitrogens with zero attached hydrogens (tertiary/aromatic N) is 1. The minimum atomic E-state index is -3.60. The number of carbonyl (C=O) groups excluding carboxylic acids is 1. The maximum atomic E-state index is 14.9. The number of rotatable bonds is 6. The van der Waals surface area contributed by atoms with Gasteiger partial charge >= 0.3 is 0 Å². The lowest BCUT2D eigenvalue weighted by Gasteiger charge is -2.14. The highest BCUT2D eigenvalue weighted by molar-refractivity contribution is 7.90. The molecule has 1 amide bonds. The molecule has 35 heavy (non-hydrogen) atoms. The molecule has 4 aromatic rings. The summed E-state index contributed by atoms with van der Waals surface area (Å²) in [7, 11) is -2.20. The Labute approximate surface area is 207 Å². The Bertz CT molecular complexity index is 1530. The molecule has 0 aliphatic rings. The highest BCUT2D eigenvalue weighted by Crippen LogP contribution is 2.33. The van der Waals surface area contributed by atoms with Gasteiger partial charge in [0, 0.05) is 40.9 Å². The molecule has 4 rings (SSSR count). The van der Waals surface area contributed by atoms with E-state index in [1.807, 2.05) is 6.07 Å². The Kier molecular flexibility index (Phi) is 6.86. The number of anilines is 1. The van der Waals surface area contributed by atoms with Crippen molar-refractivity contribution in [3.8, 4) is 28.1 Å². The van der Waals surface area contributed by atoms with Crippen LogP contribution in [0.2, 0.25) is 5.02 Å². The van der Waals surface area contributed by atoms with Crippen LogP contribution in [0.25, 0.3) is 22.4 Å². The fraction of sp³-hybridized carbons (Fsp3) is 0.0769. The van der Waals surface area contributed by atoms with Crippen molar-refractivity contribution in [1.29, 1.82) is 0 Å². The van der Waals surface area contributed by atoms with Crippen LogP contribution in [0.3, 0.4) is 0 Å². The molecule has 0 saturated carbocycles. The number of amides is 1. The van der Waals surface area contributed by atoms with Crippen LogP contribution in [-0.4, -0.2) is 32.7 Å². The molecule has 9 heteroatoms. The number of nitrogens with one attached hydrogen (secondary N) is 1. The van der Waals surface area contributed by atoms with Crippen LogP contribution in [0.5, 0.6) is 5.75 Å². The Morgan fingerprint density at radius 3 is 2.43 bits per heavy atom. The molecular formula is C26H20ClFN2O4S. The fourth-order valence-electron chi connectivity index (χ4n) is 3.54. The fourth-order valence-corrected chi connectivity index (χ4v) is 4.40. The van der Waals surface area contributed by atoms with E-state index in [4.69, 9.17) is 16.3 Å². The van der Waals surface area contributed by atoms with Gasteiger partial charge in [-0.3, -0.25) is 9.78 Å². The van der Waals surface area contributed by atoms with Crippen molar-refractivity contribution in [2.45, 2.75) is 4.90 Å². The molecule has 1 aromatic heterocycles. The zero-order valence-corrected chi connectivity index (χ0v) is 20.3. The highest BCUT2D eigenvalue weighted by Gasteiger charge is 2.20. The first-order valence-corrected chi connectivity index (χ1v) is 12.6. The molecule has 0 radical (unpaired) electrons. The average molecular weight is 511 g/mol. The molecule has 178 valence electrons. The van der Waals surface area contributed by atoms with Gasteiger partial charge in [-0.25, -0.2) is 12.8 Å². The lowest BCUT2D eigenvalue weighted by atomic mass is 9.98. The molecule has 0 spiro atoms. The lowest BCUT2D eigenvalue weighted by Crippen LogP contribution is -2.14. The Morgan fingerprint density at radius 1 is 0.971 bits per heavy atom. The van der Waals surface area contributed by atoms with Gasteiger partial charge in [-0.05, 0) is 66.2 Å². The highest BCUT2D eigenvalue weighted by atomic mass is 35.5. The molecule has 6 nitrogen and oxygen atoms in total. The third-order valence-corrected chi connectivity index (χ3v) is 6.74. The van der Waals surface area contributed by atoms with E-state index < -0.39 is 21.6 Å². The molecule has 0 aliphatic heterocycles. The number of hydrogen-bond acceptors (Lipinski definition) is 5. The summed E-state index contributed by atoms with van der Waals surface area (Å²) in [6.45, 7) is 0. The van der Waals surface area contributed by atoms with Gasteiger partial charge in [0.15, 0.2) is 9.84 Å². The first-order chi connectivity index (χ1) is 16.7. The molecule has 0 unspecified atom stereocenters. The second kappa shape index (κ2) is 9.85. The van der Waals surface area contributed by atoms with Crippen LogP contribution >= 0.6 is 11.6 Å². The summed E-state index contributed by atoms with van der Waals surface area (Å²) < 4.78 is 44.3. The van der Waals surface area contributed by atoms with E-state index in [0.29, 0.717) is 27.7 Å². The largest absolute Gasteiger partial charge is 0.497 e. The number of ether oxygens (including phenoxy) is 1. The van der Waals surface area contributed by atoms with E-state index in [9.17, 15) is 17.6 Å². The molecule has 1 N–H and O–H groups in total. The summed E-state index contributed by atoms with van der Waals surface area (Å²) in [5.74, 6) is -0.919. The van der Waals surface area contributed by atoms with Crippen LogP contribution in [0.1, 0.15) is 10.4 Å². The standard InChI is InChI=1S/C26H20ClFN2O4S/c1-34-17-7-9-19(24(28)14-17)21-15-18(35(2,32)33)8-10-20(21)26(31)30-16-6-11-23(27)22(13-16)25-5-3-4-12-29-25/h3-15H,1-2H3,(H,30,31).